The predicted octanol–water partition coefficient (Wildman–Crippen LogP) is 0.915. The van der Waals surface area contributed by atoms with Gasteiger partial charge in [-0.15, -0.1) is 0 Å². The van der Waals surface area contributed by atoms with E-state index in [-0.39, 0.29) is 11.9 Å². The first-order valence-corrected chi connectivity index (χ1v) is 6.48. The summed E-state index contributed by atoms with van der Waals surface area (Å²) < 4.78 is 4.97. The third kappa shape index (κ3) is 3.53. The van der Waals surface area contributed by atoms with Gasteiger partial charge in [-0.1, -0.05) is 18.0 Å². The zero-order valence-electron chi connectivity index (χ0n) is 10.9. The van der Waals surface area contributed by atoms with E-state index in [1.54, 1.807) is 6.92 Å². The van der Waals surface area contributed by atoms with E-state index < -0.39 is 0 Å². The minimum atomic E-state index is -0.252. The lowest BCUT2D eigenvalue weighted by molar-refractivity contribution is -0.123. The van der Waals surface area contributed by atoms with Gasteiger partial charge >= 0.3 is 0 Å². The Morgan fingerprint density at radius 3 is 2.83 bits per heavy atom. The molecule has 1 heterocycles. The van der Waals surface area contributed by atoms with Crippen LogP contribution in [0, 0.1) is 6.92 Å². The van der Waals surface area contributed by atoms with Gasteiger partial charge in [-0.05, 0) is 26.7 Å². The molecule has 0 radical (unpaired) electrons. The van der Waals surface area contributed by atoms with Gasteiger partial charge in [0, 0.05) is 6.04 Å². The molecule has 1 amide bonds. The molecule has 1 aliphatic rings. The van der Waals surface area contributed by atoms with Crippen molar-refractivity contribution < 1.29 is 9.32 Å². The fraction of sp³-hybridized carbons (Fsp3) is 0.750. The van der Waals surface area contributed by atoms with Gasteiger partial charge in [0.2, 0.25) is 11.8 Å². The Hall–Kier alpha value is -1.43. The first kappa shape index (κ1) is 13.0. The van der Waals surface area contributed by atoms with Crippen LogP contribution in [0.4, 0.5) is 0 Å². The van der Waals surface area contributed by atoms with Gasteiger partial charge < -0.3 is 9.84 Å². The second kappa shape index (κ2) is 5.95. The van der Waals surface area contributed by atoms with Crippen LogP contribution in [-0.2, 0) is 11.3 Å². The van der Waals surface area contributed by atoms with Crippen molar-refractivity contribution in [2.24, 2.45) is 0 Å². The number of nitrogens with one attached hydrogen (secondary N) is 2. The highest BCUT2D eigenvalue weighted by Gasteiger charge is 2.20. The number of amides is 1. The normalized spacial score (nSPS) is 17.9. The largest absolute Gasteiger partial charge is 0.352 e. The number of rotatable bonds is 5. The molecule has 6 heteroatoms. The van der Waals surface area contributed by atoms with Crippen molar-refractivity contribution >= 4 is 5.91 Å². The fourth-order valence-corrected chi connectivity index (χ4v) is 2.14. The summed E-state index contributed by atoms with van der Waals surface area (Å²) in [5, 5.41) is 9.83. The van der Waals surface area contributed by atoms with Crippen LogP contribution >= 0.6 is 0 Å². The summed E-state index contributed by atoms with van der Waals surface area (Å²) in [4.78, 5) is 16.0. The van der Waals surface area contributed by atoms with Gasteiger partial charge in [0.25, 0.3) is 0 Å². The van der Waals surface area contributed by atoms with Crippen molar-refractivity contribution in [3.05, 3.63) is 11.7 Å². The molecule has 0 spiro atoms. The van der Waals surface area contributed by atoms with Crippen LogP contribution in [0.15, 0.2) is 4.52 Å². The van der Waals surface area contributed by atoms with Crippen LogP contribution < -0.4 is 10.6 Å². The fourth-order valence-electron chi connectivity index (χ4n) is 2.14. The first-order valence-electron chi connectivity index (χ1n) is 6.48. The third-order valence-electron chi connectivity index (χ3n) is 3.22. The molecule has 1 atom stereocenters. The maximum Gasteiger partial charge on any atom is 0.240 e. The number of aryl methyl sites for hydroxylation is 1. The van der Waals surface area contributed by atoms with Crippen molar-refractivity contribution in [3.63, 3.8) is 0 Å². The average molecular weight is 252 g/mol. The number of hydrogen-bond acceptors (Lipinski definition) is 5. The summed E-state index contributed by atoms with van der Waals surface area (Å²) in [6, 6.07) is 0.102. The molecule has 1 aliphatic carbocycles. The Labute approximate surface area is 107 Å². The van der Waals surface area contributed by atoms with Gasteiger partial charge in [0.15, 0.2) is 5.82 Å². The van der Waals surface area contributed by atoms with Gasteiger partial charge in [-0.2, -0.15) is 4.98 Å². The second-order valence-electron chi connectivity index (χ2n) is 4.83. The number of hydrogen-bond donors (Lipinski definition) is 2. The Kier molecular flexibility index (Phi) is 4.30. The molecular weight excluding hydrogens is 232 g/mol. The minimum Gasteiger partial charge on any atom is -0.352 e. The zero-order chi connectivity index (χ0) is 13.0. The highest BCUT2D eigenvalue weighted by Crippen LogP contribution is 2.17. The summed E-state index contributed by atoms with van der Waals surface area (Å²) in [6.45, 7) is 4.02. The van der Waals surface area contributed by atoms with E-state index >= 15 is 0 Å². The summed E-state index contributed by atoms with van der Waals surface area (Å²) >= 11 is 0. The molecular formula is C12H20N4O2. The van der Waals surface area contributed by atoms with Crippen molar-refractivity contribution in [1.82, 2.24) is 20.8 Å². The van der Waals surface area contributed by atoms with Crippen molar-refractivity contribution in [1.29, 1.82) is 0 Å². The number of carbonyl (C=O) groups excluding carboxylic acids is 1. The van der Waals surface area contributed by atoms with Crippen LogP contribution in [0.5, 0.6) is 0 Å². The number of nitrogens with zero attached hydrogens (tertiary/aromatic N) is 2. The molecule has 2 rings (SSSR count). The van der Waals surface area contributed by atoms with E-state index in [0.717, 1.165) is 12.8 Å². The van der Waals surface area contributed by atoms with E-state index in [0.29, 0.717) is 24.3 Å². The molecule has 6 nitrogen and oxygen atoms in total. The summed E-state index contributed by atoms with van der Waals surface area (Å²) in [6.07, 6.45) is 4.63. The Bertz CT molecular complexity index is 399. The van der Waals surface area contributed by atoms with Crippen molar-refractivity contribution in [2.75, 3.05) is 0 Å². The number of aromatic nitrogens is 2. The molecule has 1 fully saturated rings. The topological polar surface area (TPSA) is 80.0 Å². The van der Waals surface area contributed by atoms with Crippen molar-refractivity contribution in [3.8, 4) is 0 Å². The Morgan fingerprint density at radius 1 is 1.50 bits per heavy atom. The molecule has 2 N–H and O–H groups in total. The average Bonchev–Trinajstić information content (AvgIpc) is 2.97. The molecule has 1 aromatic heterocycles. The Balaban J connectivity index is 1.73. The van der Waals surface area contributed by atoms with Crippen molar-refractivity contribution in [2.45, 2.75) is 58.2 Å². The predicted molar refractivity (Wildman–Crippen MR) is 65.7 cm³/mol. The Morgan fingerprint density at radius 2 is 2.22 bits per heavy atom. The lowest BCUT2D eigenvalue weighted by atomic mass is 10.2. The van der Waals surface area contributed by atoms with Gasteiger partial charge in [-0.3, -0.25) is 10.1 Å². The molecule has 0 saturated heterocycles. The molecule has 18 heavy (non-hydrogen) atoms. The SMILES string of the molecule is Cc1noc(CNC(C)C(=O)NC2CCCC2)n1. The van der Waals surface area contributed by atoms with Crippen LogP contribution in [0.2, 0.25) is 0 Å². The maximum absolute atomic E-state index is 11.9. The van der Waals surface area contributed by atoms with E-state index in [9.17, 15) is 4.79 Å². The molecule has 0 aliphatic heterocycles. The summed E-state index contributed by atoms with van der Waals surface area (Å²) in [5.41, 5.74) is 0. The third-order valence-corrected chi connectivity index (χ3v) is 3.22. The summed E-state index contributed by atoms with van der Waals surface area (Å²) in [5.74, 6) is 1.15. The van der Waals surface area contributed by atoms with E-state index in [2.05, 4.69) is 20.8 Å². The molecule has 100 valence electrons. The van der Waals surface area contributed by atoms with Crippen LogP contribution in [0.3, 0.4) is 0 Å². The lowest BCUT2D eigenvalue weighted by Crippen LogP contribution is -2.45. The lowest BCUT2D eigenvalue weighted by Gasteiger charge is -2.16. The monoisotopic (exact) mass is 252 g/mol. The van der Waals surface area contributed by atoms with Gasteiger partial charge in [0.1, 0.15) is 0 Å². The van der Waals surface area contributed by atoms with Crippen LogP contribution in [0.1, 0.15) is 44.3 Å². The molecule has 0 aromatic carbocycles. The zero-order valence-corrected chi connectivity index (χ0v) is 10.9. The first-order chi connectivity index (χ1) is 8.65. The molecule has 1 saturated carbocycles. The highest BCUT2D eigenvalue weighted by molar-refractivity contribution is 5.81. The van der Waals surface area contributed by atoms with Gasteiger partial charge in [0.05, 0.1) is 12.6 Å². The smallest absolute Gasteiger partial charge is 0.240 e. The molecule has 0 bridgehead atoms. The highest BCUT2D eigenvalue weighted by atomic mass is 16.5. The standard InChI is InChI=1S/C12H20N4O2/c1-8(12(17)15-10-5-3-4-6-10)13-7-11-14-9(2)16-18-11/h8,10,13H,3-7H2,1-2H3,(H,15,17). The van der Waals surface area contributed by atoms with Crippen LogP contribution in [-0.4, -0.2) is 28.1 Å². The minimum absolute atomic E-state index is 0.0399. The maximum atomic E-state index is 11.9. The molecule has 1 aromatic rings. The van der Waals surface area contributed by atoms with E-state index in [4.69, 9.17) is 4.52 Å². The van der Waals surface area contributed by atoms with Gasteiger partial charge in [-0.25, -0.2) is 0 Å². The van der Waals surface area contributed by atoms with E-state index in [1.807, 2.05) is 6.92 Å². The van der Waals surface area contributed by atoms with E-state index in [1.165, 1.54) is 12.8 Å². The number of carbonyl (C=O) groups is 1. The quantitative estimate of drug-likeness (QED) is 0.814. The second-order valence-corrected chi connectivity index (χ2v) is 4.83. The summed E-state index contributed by atoms with van der Waals surface area (Å²) in [7, 11) is 0. The molecule has 1 unspecified atom stereocenters. The van der Waals surface area contributed by atoms with Crippen LogP contribution in [0.25, 0.3) is 0 Å².